The molecule has 0 saturated carbocycles. The van der Waals surface area contributed by atoms with Gasteiger partial charge in [0.25, 0.3) is 0 Å². The molecule has 0 spiro atoms. The highest BCUT2D eigenvalue weighted by Crippen LogP contribution is 2.38. The number of fused-ring (bicyclic) bond motifs is 3. The van der Waals surface area contributed by atoms with Gasteiger partial charge in [0.05, 0.1) is 22.6 Å². The van der Waals surface area contributed by atoms with Gasteiger partial charge in [0.2, 0.25) is 0 Å². The second-order valence-corrected chi connectivity index (χ2v) is 6.44. The van der Waals surface area contributed by atoms with Crippen LogP contribution in [0, 0.1) is 12.8 Å². The van der Waals surface area contributed by atoms with E-state index in [-0.39, 0.29) is 12.2 Å². The fourth-order valence-electron chi connectivity index (χ4n) is 2.41. The predicted octanol–water partition coefficient (Wildman–Crippen LogP) is 3.65. The number of rotatable bonds is 5. The number of ether oxygens (including phenoxy) is 1. The maximum Gasteiger partial charge on any atom is 0.306 e. The van der Waals surface area contributed by atoms with E-state index < -0.39 is 11.9 Å². The SMILES string of the molecule is COc1cc2cc(C(=O)C[C@H](C)C(=O)O)sc2c2nc(C)oc12. The number of hydrogen-bond donors (Lipinski definition) is 1. The molecule has 1 atom stereocenters. The minimum absolute atomic E-state index is 0.0275. The molecule has 0 bridgehead atoms. The monoisotopic (exact) mass is 333 g/mol. The van der Waals surface area contributed by atoms with Crippen LogP contribution in [0.4, 0.5) is 0 Å². The lowest BCUT2D eigenvalue weighted by Crippen LogP contribution is -2.13. The maximum atomic E-state index is 12.3. The van der Waals surface area contributed by atoms with E-state index in [1.807, 2.05) is 0 Å². The van der Waals surface area contributed by atoms with Crippen molar-refractivity contribution in [2.45, 2.75) is 20.3 Å². The molecule has 2 aromatic heterocycles. The third-order valence-corrected chi connectivity index (χ3v) is 4.83. The van der Waals surface area contributed by atoms with Gasteiger partial charge >= 0.3 is 5.97 Å². The highest BCUT2D eigenvalue weighted by atomic mass is 32.1. The van der Waals surface area contributed by atoms with Crippen LogP contribution in [0.15, 0.2) is 16.5 Å². The van der Waals surface area contributed by atoms with Crippen molar-refractivity contribution in [1.29, 1.82) is 0 Å². The van der Waals surface area contributed by atoms with Gasteiger partial charge in [0, 0.05) is 13.3 Å². The Labute approximate surface area is 135 Å². The Kier molecular flexibility index (Phi) is 3.81. The summed E-state index contributed by atoms with van der Waals surface area (Å²) in [5.74, 6) is -0.795. The van der Waals surface area contributed by atoms with Gasteiger partial charge in [-0.15, -0.1) is 11.3 Å². The molecule has 0 radical (unpaired) electrons. The van der Waals surface area contributed by atoms with E-state index in [4.69, 9.17) is 14.3 Å². The van der Waals surface area contributed by atoms with E-state index in [9.17, 15) is 9.59 Å². The highest BCUT2D eigenvalue weighted by Gasteiger charge is 2.21. The molecule has 0 unspecified atom stereocenters. The van der Waals surface area contributed by atoms with Gasteiger partial charge in [-0.1, -0.05) is 6.92 Å². The topological polar surface area (TPSA) is 89.6 Å². The third-order valence-electron chi connectivity index (χ3n) is 3.63. The average molecular weight is 333 g/mol. The molecule has 0 amide bonds. The van der Waals surface area contributed by atoms with Crippen LogP contribution < -0.4 is 4.74 Å². The second-order valence-electron chi connectivity index (χ2n) is 5.39. The Balaban J connectivity index is 2.10. The fourth-order valence-corrected chi connectivity index (χ4v) is 3.48. The molecule has 3 aromatic rings. The number of hydrogen-bond acceptors (Lipinski definition) is 6. The summed E-state index contributed by atoms with van der Waals surface area (Å²) in [5.41, 5.74) is 1.21. The van der Waals surface area contributed by atoms with Crippen molar-refractivity contribution in [3.05, 3.63) is 22.9 Å². The lowest BCUT2D eigenvalue weighted by molar-refractivity contribution is -0.141. The summed E-state index contributed by atoms with van der Waals surface area (Å²) in [6, 6.07) is 3.55. The summed E-state index contributed by atoms with van der Waals surface area (Å²) < 4.78 is 11.7. The molecule has 0 aliphatic heterocycles. The predicted molar refractivity (Wildman–Crippen MR) is 86.4 cm³/mol. The number of aliphatic carboxylic acids is 1. The Morgan fingerprint density at radius 2 is 2.17 bits per heavy atom. The van der Waals surface area contributed by atoms with Crippen LogP contribution in [0.3, 0.4) is 0 Å². The highest BCUT2D eigenvalue weighted by molar-refractivity contribution is 7.21. The molecule has 0 aliphatic carbocycles. The van der Waals surface area contributed by atoms with E-state index in [0.717, 1.165) is 10.1 Å². The normalized spacial score (nSPS) is 12.7. The first-order valence-electron chi connectivity index (χ1n) is 7.04. The van der Waals surface area contributed by atoms with Crippen LogP contribution in [-0.4, -0.2) is 29.0 Å². The first kappa shape index (κ1) is 15.5. The Morgan fingerprint density at radius 1 is 1.43 bits per heavy atom. The number of carbonyl (C=O) groups excluding carboxylic acids is 1. The number of nitrogens with zero attached hydrogens (tertiary/aromatic N) is 1. The quantitative estimate of drug-likeness (QED) is 0.717. The summed E-state index contributed by atoms with van der Waals surface area (Å²) >= 11 is 1.30. The second kappa shape index (κ2) is 5.66. The zero-order chi connectivity index (χ0) is 16.7. The zero-order valence-corrected chi connectivity index (χ0v) is 13.7. The minimum Gasteiger partial charge on any atom is -0.493 e. The molecule has 0 aliphatic rings. The summed E-state index contributed by atoms with van der Waals surface area (Å²) in [6.07, 6.45) is -0.0275. The number of thiophene rings is 1. The first-order chi connectivity index (χ1) is 10.9. The van der Waals surface area contributed by atoms with E-state index in [0.29, 0.717) is 27.6 Å². The number of Topliss-reactive ketones (excluding diaryl/α,β-unsaturated/α-hetero) is 1. The van der Waals surface area contributed by atoms with E-state index >= 15 is 0 Å². The molecule has 2 heterocycles. The number of carbonyl (C=O) groups is 2. The van der Waals surface area contributed by atoms with Gasteiger partial charge in [0.1, 0.15) is 5.52 Å². The van der Waals surface area contributed by atoms with Gasteiger partial charge in [-0.2, -0.15) is 0 Å². The van der Waals surface area contributed by atoms with Crippen molar-refractivity contribution in [2.24, 2.45) is 5.92 Å². The molecular weight excluding hydrogens is 318 g/mol. The van der Waals surface area contributed by atoms with Gasteiger partial charge in [-0.05, 0) is 17.5 Å². The summed E-state index contributed by atoms with van der Waals surface area (Å²) in [7, 11) is 1.55. The Hall–Kier alpha value is -2.41. The van der Waals surface area contributed by atoms with Crippen molar-refractivity contribution in [1.82, 2.24) is 4.98 Å². The molecule has 3 rings (SSSR count). The molecule has 7 heteroatoms. The van der Waals surface area contributed by atoms with Gasteiger partial charge in [-0.3, -0.25) is 9.59 Å². The number of carboxylic acids is 1. The molecule has 1 aromatic carbocycles. The van der Waals surface area contributed by atoms with E-state index in [2.05, 4.69) is 4.98 Å². The number of ketones is 1. The van der Waals surface area contributed by atoms with E-state index in [1.165, 1.54) is 18.3 Å². The molecule has 0 saturated heterocycles. The minimum atomic E-state index is -0.976. The molecule has 120 valence electrons. The van der Waals surface area contributed by atoms with Crippen LogP contribution in [-0.2, 0) is 4.79 Å². The molecular formula is C16H15NO5S. The fraction of sp³-hybridized carbons (Fsp3) is 0.312. The molecule has 6 nitrogen and oxygen atoms in total. The lowest BCUT2D eigenvalue weighted by Gasteiger charge is -2.02. The maximum absolute atomic E-state index is 12.3. The van der Waals surface area contributed by atoms with Gasteiger partial charge in [-0.25, -0.2) is 4.98 Å². The van der Waals surface area contributed by atoms with Crippen LogP contribution in [0.1, 0.15) is 28.9 Å². The van der Waals surface area contributed by atoms with Crippen LogP contribution >= 0.6 is 11.3 Å². The van der Waals surface area contributed by atoms with E-state index in [1.54, 1.807) is 26.2 Å². The summed E-state index contributed by atoms with van der Waals surface area (Å²) in [5, 5.41) is 9.77. The zero-order valence-electron chi connectivity index (χ0n) is 12.9. The smallest absolute Gasteiger partial charge is 0.306 e. The summed E-state index contributed by atoms with van der Waals surface area (Å²) in [4.78, 5) is 28.1. The standard InChI is InChI=1S/C16H15NO5S/c1-7(16(19)20)4-10(18)12-6-9-5-11(21-3)14-13(15(9)23-12)17-8(2)22-14/h5-7H,4H2,1-3H3,(H,19,20)/t7-/m0/s1. The van der Waals surface area contributed by atoms with Crippen LogP contribution in [0.2, 0.25) is 0 Å². The Bertz CT molecular complexity index is 923. The first-order valence-corrected chi connectivity index (χ1v) is 7.86. The van der Waals surface area contributed by atoms with Crippen LogP contribution in [0.5, 0.6) is 5.75 Å². The largest absolute Gasteiger partial charge is 0.493 e. The molecule has 1 N–H and O–H groups in total. The van der Waals surface area contributed by atoms with Crippen molar-refractivity contribution in [3.63, 3.8) is 0 Å². The van der Waals surface area contributed by atoms with Crippen LogP contribution in [0.25, 0.3) is 21.2 Å². The molecule has 0 fully saturated rings. The van der Waals surface area contributed by atoms with Gasteiger partial charge in [0.15, 0.2) is 23.0 Å². The number of aryl methyl sites for hydroxylation is 1. The average Bonchev–Trinajstić information content (AvgIpc) is 3.08. The number of carboxylic acid groups (broad SMARTS) is 1. The number of methoxy groups -OCH3 is 1. The Morgan fingerprint density at radius 3 is 2.83 bits per heavy atom. The van der Waals surface area contributed by atoms with Crippen molar-refractivity contribution in [2.75, 3.05) is 7.11 Å². The van der Waals surface area contributed by atoms with Gasteiger partial charge < -0.3 is 14.3 Å². The number of oxazole rings is 1. The lowest BCUT2D eigenvalue weighted by atomic mass is 10.0. The van der Waals surface area contributed by atoms with Crippen molar-refractivity contribution < 1.29 is 23.8 Å². The number of aromatic nitrogens is 1. The summed E-state index contributed by atoms with van der Waals surface area (Å²) in [6.45, 7) is 3.27. The third kappa shape index (κ3) is 2.68. The van der Waals surface area contributed by atoms with Crippen molar-refractivity contribution >= 4 is 44.3 Å². The van der Waals surface area contributed by atoms with Crippen molar-refractivity contribution in [3.8, 4) is 5.75 Å². The molecule has 23 heavy (non-hydrogen) atoms. The number of benzene rings is 1.